The van der Waals surface area contributed by atoms with Crippen LogP contribution in [0.3, 0.4) is 0 Å². The van der Waals surface area contributed by atoms with Crippen LogP contribution in [-0.4, -0.2) is 6.61 Å². The third kappa shape index (κ3) is 4.34. The van der Waals surface area contributed by atoms with Crippen LogP contribution >= 0.6 is 0 Å². The minimum Gasteiger partial charge on any atom is -0.493 e. The van der Waals surface area contributed by atoms with Gasteiger partial charge in [0, 0.05) is 6.54 Å². The van der Waals surface area contributed by atoms with Crippen molar-refractivity contribution < 1.29 is 4.74 Å². The molecule has 0 spiro atoms. The van der Waals surface area contributed by atoms with Crippen molar-refractivity contribution in [2.75, 3.05) is 6.61 Å². The Balaban J connectivity index is 2.43. The summed E-state index contributed by atoms with van der Waals surface area (Å²) in [6.45, 7) is 5.78. The summed E-state index contributed by atoms with van der Waals surface area (Å²) in [5, 5.41) is 0. The van der Waals surface area contributed by atoms with Crippen molar-refractivity contribution in [1.29, 1.82) is 0 Å². The van der Waals surface area contributed by atoms with Crippen LogP contribution in [0.1, 0.15) is 32.3 Å². The first-order chi connectivity index (χ1) is 7.26. The van der Waals surface area contributed by atoms with Crippen molar-refractivity contribution in [3.05, 3.63) is 29.8 Å². The van der Waals surface area contributed by atoms with E-state index in [-0.39, 0.29) is 0 Å². The van der Waals surface area contributed by atoms with Crippen molar-refractivity contribution in [3.63, 3.8) is 0 Å². The molecule has 0 saturated carbocycles. The average molecular weight is 207 g/mol. The fourth-order valence-corrected chi connectivity index (χ4v) is 1.58. The third-order valence-corrected chi connectivity index (χ3v) is 2.45. The van der Waals surface area contributed by atoms with Gasteiger partial charge in [-0.1, -0.05) is 32.4 Å². The van der Waals surface area contributed by atoms with Crippen molar-refractivity contribution in [3.8, 4) is 5.75 Å². The Labute approximate surface area is 92.4 Å². The number of nitrogens with two attached hydrogens (primary N) is 1. The molecule has 1 atom stereocenters. The predicted octanol–water partition coefficient (Wildman–Crippen LogP) is 2.96. The Morgan fingerprint density at radius 2 is 2.20 bits per heavy atom. The van der Waals surface area contributed by atoms with Crippen molar-refractivity contribution in [1.82, 2.24) is 0 Å². The zero-order valence-electron chi connectivity index (χ0n) is 9.70. The van der Waals surface area contributed by atoms with E-state index in [9.17, 15) is 0 Å². The smallest absolute Gasteiger partial charge is 0.119 e. The molecule has 1 unspecified atom stereocenters. The van der Waals surface area contributed by atoms with Gasteiger partial charge in [-0.3, -0.25) is 0 Å². The van der Waals surface area contributed by atoms with Gasteiger partial charge in [-0.15, -0.1) is 0 Å². The zero-order chi connectivity index (χ0) is 11.1. The first-order valence-electron chi connectivity index (χ1n) is 5.68. The topological polar surface area (TPSA) is 35.2 Å². The first-order valence-corrected chi connectivity index (χ1v) is 5.68. The van der Waals surface area contributed by atoms with E-state index in [4.69, 9.17) is 10.5 Å². The monoisotopic (exact) mass is 207 g/mol. The number of ether oxygens (including phenoxy) is 1. The van der Waals surface area contributed by atoms with Crippen LogP contribution in [0.2, 0.25) is 0 Å². The van der Waals surface area contributed by atoms with E-state index in [1.165, 1.54) is 12.8 Å². The maximum atomic E-state index is 5.71. The highest BCUT2D eigenvalue weighted by atomic mass is 16.5. The highest BCUT2D eigenvalue weighted by Gasteiger charge is 2.02. The molecule has 15 heavy (non-hydrogen) atoms. The molecular weight excluding hydrogens is 186 g/mol. The van der Waals surface area contributed by atoms with Crippen LogP contribution in [0.25, 0.3) is 0 Å². The Morgan fingerprint density at radius 3 is 2.87 bits per heavy atom. The molecule has 2 heteroatoms. The minimum absolute atomic E-state index is 0.571. The van der Waals surface area contributed by atoms with Crippen LogP contribution in [0.5, 0.6) is 5.75 Å². The zero-order valence-corrected chi connectivity index (χ0v) is 9.70. The van der Waals surface area contributed by atoms with Crippen LogP contribution in [-0.2, 0) is 6.54 Å². The normalized spacial score (nSPS) is 12.5. The van der Waals surface area contributed by atoms with Crippen molar-refractivity contribution >= 4 is 0 Å². The van der Waals surface area contributed by atoms with Crippen LogP contribution in [0, 0.1) is 5.92 Å². The van der Waals surface area contributed by atoms with Gasteiger partial charge in [0.15, 0.2) is 0 Å². The van der Waals surface area contributed by atoms with E-state index >= 15 is 0 Å². The number of benzene rings is 1. The molecule has 2 nitrogen and oxygen atoms in total. The molecule has 0 aliphatic heterocycles. The van der Waals surface area contributed by atoms with Gasteiger partial charge in [0.05, 0.1) is 6.61 Å². The summed E-state index contributed by atoms with van der Waals surface area (Å²) in [4.78, 5) is 0. The lowest BCUT2D eigenvalue weighted by atomic mass is 10.1. The fraction of sp³-hybridized carbons (Fsp3) is 0.538. The molecular formula is C13H21NO. The third-order valence-electron chi connectivity index (χ3n) is 2.45. The minimum atomic E-state index is 0.571. The van der Waals surface area contributed by atoms with Crippen LogP contribution in [0.4, 0.5) is 0 Å². The van der Waals surface area contributed by atoms with E-state index in [1.54, 1.807) is 0 Å². The maximum Gasteiger partial charge on any atom is 0.119 e. The lowest BCUT2D eigenvalue weighted by Gasteiger charge is -2.12. The van der Waals surface area contributed by atoms with Gasteiger partial charge >= 0.3 is 0 Å². The summed E-state index contributed by atoms with van der Waals surface area (Å²) < 4.78 is 5.71. The summed E-state index contributed by atoms with van der Waals surface area (Å²) in [6, 6.07) is 8.00. The number of hydrogen-bond donors (Lipinski definition) is 1. The lowest BCUT2D eigenvalue weighted by Crippen LogP contribution is -2.08. The van der Waals surface area contributed by atoms with E-state index in [0.717, 1.165) is 17.9 Å². The van der Waals surface area contributed by atoms with Gasteiger partial charge in [0.25, 0.3) is 0 Å². The van der Waals surface area contributed by atoms with Gasteiger partial charge in [0.2, 0.25) is 0 Å². The molecule has 0 heterocycles. The van der Waals surface area contributed by atoms with Gasteiger partial charge in [0.1, 0.15) is 5.75 Å². The summed E-state index contributed by atoms with van der Waals surface area (Å²) in [5.74, 6) is 1.55. The summed E-state index contributed by atoms with van der Waals surface area (Å²) in [7, 11) is 0. The van der Waals surface area contributed by atoms with E-state index in [1.807, 2.05) is 24.3 Å². The molecule has 0 amide bonds. The Bertz CT molecular complexity index is 286. The molecule has 2 N–H and O–H groups in total. The Hall–Kier alpha value is -1.02. The molecule has 0 fully saturated rings. The van der Waals surface area contributed by atoms with Gasteiger partial charge in [-0.2, -0.15) is 0 Å². The van der Waals surface area contributed by atoms with Crippen molar-refractivity contribution in [2.24, 2.45) is 11.7 Å². The number of rotatable bonds is 6. The SMILES string of the molecule is CCCC(C)COc1cccc(CN)c1. The van der Waals surface area contributed by atoms with Crippen LogP contribution < -0.4 is 10.5 Å². The molecule has 0 aliphatic rings. The highest BCUT2D eigenvalue weighted by molar-refractivity contribution is 5.28. The average Bonchev–Trinajstić information content (AvgIpc) is 2.27. The second kappa shape index (κ2) is 6.46. The molecule has 0 aromatic heterocycles. The van der Waals surface area contributed by atoms with Gasteiger partial charge in [-0.05, 0) is 30.0 Å². The van der Waals surface area contributed by atoms with Crippen LogP contribution in [0.15, 0.2) is 24.3 Å². The van der Waals surface area contributed by atoms with E-state index < -0.39 is 0 Å². The maximum absolute atomic E-state index is 5.71. The molecule has 0 bridgehead atoms. The summed E-state index contributed by atoms with van der Waals surface area (Å²) >= 11 is 0. The highest BCUT2D eigenvalue weighted by Crippen LogP contribution is 2.15. The van der Waals surface area contributed by atoms with Crippen molar-refractivity contribution in [2.45, 2.75) is 33.2 Å². The quantitative estimate of drug-likeness (QED) is 0.778. The summed E-state index contributed by atoms with van der Waals surface area (Å²) in [5.41, 5.74) is 6.69. The second-order valence-corrected chi connectivity index (χ2v) is 4.06. The van der Waals surface area contributed by atoms with E-state index in [0.29, 0.717) is 12.5 Å². The fourth-order valence-electron chi connectivity index (χ4n) is 1.58. The first kappa shape index (κ1) is 12.1. The molecule has 0 saturated heterocycles. The summed E-state index contributed by atoms with van der Waals surface area (Å²) in [6.07, 6.45) is 2.43. The van der Waals surface area contributed by atoms with Gasteiger partial charge in [-0.25, -0.2) is 0 Å². The van der Waals surface area contributed by atoms with E-state index in [2.05, 4.69) is 13.8 Å². The Kier molecular flexibility index (Phi) is 5.19. The predicted molar refractivity (Wildman–Crippen MR) is 63.9 cm³/mol. The molecule has 84 valence electrons. The second-order valence-electron chi connectivity index (χ2n) is 4.06. The lowest BCUT2D eigenvalue weighted by molar-refractivity contribution is 0.251. The van der Waals surface area contributed by atoms with Gasteiger partial charge < -0.3 is 10.5 Å². The molecule has 1 aromatic rings. The molecule has 1 rings (SSSR count). The molecule has 0 radical (unpaired) electrons. The molecule has 0 aliphatic carbocycles. The largest absolute Gasteiger partial charge is 0.493 e. The number of hydrogen-bond acceptors (Lipinski definition) is 2. The standard InChI is InChI=1S/C13H21NO/c1-3-5-11(2)10-15-13-7-4-6-12(8-13)9-14/h4,6-8,11H,3,5,9-10,14H2,1-2H3. The Morgan fingerprint density at radius 1 is 1.40 bits per heavy atom. The molecule has 1 aromatic carbocycles.